The highest BCUT2D eigenvalue weighted by Gasteiger charge is 2.04. The lowest BCUT2D eigenvalue weighted by atomic mass is 9.95. The maximum Gasteiger partial charge on any atom is 0.244 e. The summed E-state index contributed by atoms with van der Waals surface area (Å²) in [5.74, 6) is 0.416. The van der Waals surface area contributed by atoms with E-state index in [4.69, 9.17) is 5.73 Å². The average Bonchev–Trinajstić information content (AvgIpc) is 2.17. The van der Waals surface area contributed by atoms with Gasteiger partial charge in [-0.1, -0.05) is 45.6 Å². The normalized spacial score (nSPS) is 14.1. The van der Waals surface area contributed by atoms with Crippen LogP contribution in [0.4, 0.5) is 0 Å². The summed E-state index contributed by atoms with van der Waals surface area (Å²) in [6, 6.07) is 0. The summed E-state index contributed by atoms with van der Waals surface area (Å²) in [5.41, 5.74) is 5.85. The van der Waals surface area contributed by atoms with Crippen LogP contribution in [0.1, 0.15) is 52.9 Å². The molecule has 0 aliphatic heterocycles. The van der Waals surface area contributed by atoms with Crippen LogP contribution in [0.2, 0.25) is 0 Å². The zero-order valence-electron chi connectivity index (χ0n) is 9.68. The van der Waals surface area contributed by atoms with Gasteiger partial charge < -0.3 is 5.73 Å². The molecule has 0 saturated heterocycles. The molecule has 0 fully saturated rings. The van der Waals surface area contributed by atoms with Gasteiger partial charge in [-0.3, -0.25) is 4.79 Å². The van der Waals surface area contributed by atoms with Gasteiger partial charge in [0.05, 0.1) is 0 Å². The number of rotatable bonds is 7. The number of primary amides is 1. The lowest BCUT2D eigenvalue weighted by Gasteiger charge is -2.11. The summed E-state index contributed by atoms with van der Waals surface area (Å²) in [5, 5.41) is 0. The molecular weight excluding hydrogens is 174 g/mol. The Balaban J connectivity index is 3.93. The summed E-state index contributed by atoms with van der Waals surface area (Å²) in [6.45, 7) is 6.19. The van der Waals surface area contributed by atoms with Crippen molar-refractivity contribution in [3.63, 3.8) is 0 Å². The van der Waals surface area contributed by atoms with Crippen LogP contribution in [0.3, 0.4) is 0 Å². The number of carbonyl (C=O) groups is 1. The second kappa shape index (κ2) is 7.60. The van der Waals surface area contributed by atoms with E-state index in [9.17, 15) is 4.79 Å². The lowest BCUT2D eigenvalue weighted by molar-refractivity contribution is -0.114. The Bertz CT molecular complexity index is 196. The van der Waals surface area contributed by atoms with E-state index in [1.165, 1.54) is 25.7 Å². The molecule has 0 saturated carbocycles. The second-order valence-electron chi connectivity index (χ2n) is 3.90. The highest BCUT2D eigenvalue weighted by atomic mass is 16.1. The molecule has 1 amide bonds. The van der Waals surface area contributed by atoms with E-state index >= 15 is 0 Å². The van der Waals surface area contributed by atoms with Gasteiger partial charge in [-0.05, 0) is 19.3 Å². The molecule has 0 bridgehead atoms. The smallest absolute Gasteiger partial charge is 0.244 e. The van der Waals surface area contributed by atoms with Crippen molar-refractivity contribution in [1.29, 1.82) is 0 Å². The molecule has 2 N–H and O–H groups in total. The van der Waals surface area contributed by atoms with Gasteiger partial charge in [-0.25, -0.2) is 0 Å². The fourth-order valence-electron chi connectivity index (χ4n) is 1.43. The molecule has 0 aromatic carbocycles. The predicted octanol–water partition coefficient (Wildman–Crippen LogP) is 3.02. The number of allylic oxidation sites excluding steroid dienone is 1. The zero-order chi connectivity index (χ0) is 11.0. The first-order valence-corrected chi connectivity index (χ1v) is 5.58. The predicted molar refractivity (Wildman–Crippen MR) is 60.9 cm³/mol. The molecule has 0 aromatic rings. The van der Waals surface area contributed by atoms with Crippen molar-refractivity contribution in [2.45, 2.75) is 52.9 Å². The van der Waals surface area contributed by atoms with Crippen molar-refractivity contribution in [2.24, 2.45) is 11.7 Å². The van der Waals surface area contributed by atoms with E-state index in [0.717, 1.165) is 6.42 Å². The number of amides is 1. The van der Waals surface area contributed by atoms with Crippen LogP contribution < -0.4 is 5.73 Å². The molecule has 0 radical (unpaired) electrons. The summed E-state index contributed by atoms with van der Waals surface area (Å²) in [7, 11) is 0. The summed E-state index contributed by atoms with van der Waals surface area (Å²) >= 11 is 0. The van der Waals surface area contributed by atoms with Gasteiger partial charge in [0.2, 0.25) is 5.91 Å². The van der Waals surface area contributed by atoms with Crippen LogP contribution in [-0.4, -0.2) is 5.91 Å². The summed E-state index contributed by atoms with van der Waals surface area (Å²) in [6.07, 6.45) is 7.94. The van der Waals surface area contributed by atoms with Gasteiger partial charge in [0, 0.05) is 5.57 Å². The minimum absolute atomic E-state index is 0.296. The Labute approximate surface area is 87.6 Å². The molecule has 0 heterocycles. The van der Waals surface area contributed by atoms with Gasteiger partial charge in [0.1, 0.15) is 0 Å². The molecule has 1 unspecified atom stereocenters. The molecule has 2 heteroatoms. The third-order valence-electron chi connectivity index (χ3n) is 2.69. The van der Waals surface area contributed by atoms with E-state index in [1.807, 2.05) is 6.08 Å². The SMILES string of the molecule is CCCCC(CC)CC=C(C)C(N)=O. The quantitative estimate of drug-likeness (QED) is 0.626. The van der Waals surface area contributed by atoms with Crippen LogP contribution in [0.5, 0.6) is 0 Å². The minimum atomic E-state index is -0.296. The molecule has 0 aliphatic rings. The highest BCUT2D eigenvalue weighted by Crippen LogP contribution is 2.17. The van der Waals surface area contributed by atoms with Crippen molar-refractivity contribution < 1.29 is 4.79 Å². The Hall–Kier alpha value is -0.790. The minimum Gasteiger partial charge on any atom is -0.366 e. The number of hydrogen-bond acceptors (Lipinski definition) is 1. The maximum absolute atomic E-state index is 10.8. The molecule has 0 rings (SSSR count). The fourth-order valence-corrected chi connectivity index (χ4v) is 1.43. The standard InChI is InChI=1S/C12H23NO/c1-4-6-7-11(5-2)9-8-10(3)12(13)14/h8,11H,4-7,9H2,1-3H3,(H2,13,14). The van der Waals surface area contributed by atoms with E-state index in [-0.39, 0.29) is 5.91 Å². The second-order valence-corrected chi connectivity index (χ2v) is 3.90. The first kappa shape index (κ1) is 13.2. The first-order chi connectivity index (χ1) is 6.61. The molecule has 0 aromatic heterocycles. The van der Waals surface area contributed by atoms with Crippen LogP contribution in [0.15, 0.2) is 11.6 Å². The third kappa shape index (κ3) is 5.79. The average molecular weight is 197 g/mol. The van der Waals surface area contributed by atoms with Crippen LogP contribution in [-0.2, 0) is 4.79 Å². The van der Waals surface area contributed by atoms with Crippen molar-refractivity contribution >= 4 is 5.91 Å². The maximum atomic E-state index is 10.8. The largest absolute Gasteiger partial charge is 0.366 e. The van der Waals surface area contributed by atoms with Gasteiger partial charge >= 0.3 is 0 Å². The molecule has 2 nitrogen and oxygen atoms in total. The Kier molecular flexibility index (Phi) is 7.17. The molecule has 0 aliphatic carbocycles. The van der Waals surface area contributed by atoms with E-state index < -0.39 is 0 Å². The van der Waals surface area contributed by atoms with Gasteiger partial charge in [-0.2, -0.15) is 0 Å². The molecule has 14 heavy (non-hydrogen) atoms. The van der Waals surface area contributed by atoms with Crippen LogP contribution in [0.25, 0.3) is 0 Å². The number of nitrogens with two attached hydrogens (primary N) is 1. The molecule has 1 atom stereocenters. The zero-order valence-corrected chi connectivity index (χ0v) is 9.68. The van der Waals surface area contributed by atoms with Crippen LogP contribution in [0, 0.1) is 5.92 Å². The van der Waals surface area contributed by atoms with Crippen molar-refractivity contribution in [2.75, 3.05) is 0 Å². The number of carbonyl (C=O) groups excluding carboxylic acids is 1. The summed E-state index contributed by atoms with van der Waals surface area (Å²) in [4.78, 5) is 10.8. The van der Waals surface area contributed by atoms with Gasteiger partial charge in [0.15, 0.2) is 0 Å². The Morgan fingerprint density at radius 1 is 1.43 bits per heavy atom. The van der Waals surface area contributed by atoms with E-state index in [1.54, 1.807) is 6.92 Å². The highest BCUT2D eigenvalue weighted by molar-refractivity contribution is 5.91. The third-order valence-corrected chi connectivity index (χ3v) is 2.69. The van der Waals surface area contributed by atoms with Gasteiger partial charge in [0.25, 0.3) is 0 Å². The molecular formula is C12H23NO. The lowest BCUT2D eigenvalue weighted by Crippen LogP contribution is -2.12. The van der Waals surface area contributed by atoms with E-state index in [0.29, 0.717) is 11.5 Å². The monoisotopic (exact) mass is 197 g/mol. The van der Waals surface area contributed by atoms with Crippen molar-refractivity contribution in [1.82, 2.24) is 0 Å². The number of unbranched alkanes of at least 4 members (excludes halogenated alkanes) is 1. The van der Waals surface area contributed by atoms with Crippen molar-refractivity contribution in [3.8, 4) is 0 Å². The first-order valence-electron chi connectivity index (χ1n) is 5.58. The molecule has 82 valence electrons. The fraction of sp³-hybridized carbons (Fsp3) is 0.750. The number of hydrogen-bond donors (Lipinski definition) is 1. The Morgan fingerprint density at radius 3 is 2.50 bits per heavy atom. The van der Waals surface area contributed by atoms with Crippen molar-refractivity contribution in [3.05, 3.63) is 11.6 Å². The molecule has 0 spiro atoms. The van der Waals surface area contributed by atoms with Gasteiger partial charge in [-0.15, -0.1) is 0 Å². The van der Waals surface area contributed by atoms with E-state index in [2.05, 4.69) is 13.8 Å². The topological polar surface area (TPSA) is 43.1 Å². The van der Waals surface area contributed by atoms with Crippen LogP contribution >= 0.6 is 0 Å². The summed E-state index contributed by atoms with van der Waals surface area (Å²) < 4.78 is 0. The Morgan fingerprint density at radius 2 is 2.07 bits per heavy atom.